The maximum Gasteiger partial charge on any atom is 0.338 e. The number of aryl methyl sites for hydroxylation is 1. The summed E-state index contributed by atoms with van der Waals surface area (Å²) in [5, 5.41) is 13.5. The summed E-state index contributed by atoms with van der Waals surface area (Å²) < 4.78 is 10.4. The lowest BCUT2D eigenvalue weighted by Crippen LogP contribution is -2.06. The second-order valence-electron chi connectivity index (χ2n) is 5.71. The summed E-state index contributed by atoms with van der Waals surface area (Å²) in [6.45, 7) is 1.61. The van der Waals surface area contributed by atoms with Crippen LogP contribution in [0.3, 0.4) is 0 Å². The molecule has 0 aliphatic heterocycles. The van der Waals surface area contributed by atoms with Crippen LogP contribution in [0.25, 0.3) is 10.6 Å². The summed E-state index contributed by atoms with van der Waals surface area (Å²) in [5.41, 5.74) is 2.23. The first-order valence-corrected chi connectivity index (χ1v) is 8.87. The molecule has 0 N–H and O–H groups in total. The topological polar surface area (TPSA) is 91.6 Å². The van der Waals surface area contributed by atoms with Crippen molar-refractivity contribution in [3.05, 3.63) is 74.8 Å². The molecule has 0 saturated carbocycles. The Hall–Kier alpha value is -3.26. The molecular formula is C19H16N2O5S. The fraction of sp³-hybridized carbons (Fsp3) is 0.158. The number of benzene rings is 2. The predicted molar refractivity (Wildman–Crippen MR) is 101 cm³/mol. The molecule has 8 heteroatoms. The number of methoxy groups -OCH3 is 1. The average molecular weight is 384 g/mol. The van der Waals surface area contributed by atoms with Gasteiger partial charge in [0.05, 0.1) is 23.3 Å². The first kappa shape index (κ1) is 18.5. The van der Waals surface area contributed by atoms with Gasteiger partial charge >= 0.3 is 5.97 Å². The van der Waals surface area contributed by atoms with E-state index in [2.05, 4.69) is 4.98 Å². The second kappa shape index (κ2) is 7.96. The van der Waals surface area contributed by atoms with E-state index in [-0.39, 0.29) is 17.9 Å². The molecule has 0 saturated heterocycles. The fourth-order valence-corrected chi connectivity index (χ4v) is 3.26. The van der Waals surface area contributed by atoms with Crippen molar-refractivity contribution in [2.45, 2.75) is 13.5 Å². The standard InChI is InChI=1S/C19H16N2O5S/c1-12-9-14(5-8-17(12)21(23)24)19(22)26-10-15-11-27-18(20-15)13-3-6-16(25-2)7-4-13/h3-9,11H,10H2,1-2H3. The maximum atomic E-state index is 12.2. The molecule has 1 heterocycles. The Bertz CT molecular complexity index is 982. The number of nitro groups is 1. The van der Waals surface area contributed by atoms with Crippen LogP contribution in [0.15, 0.2) is 47.8 Å². The molecule has 0 spiro atoms. The molecule has 0 atom stereocenters. The Morgan fingerprint density at radius 2 is 1.96 bits per heavy atom. The van der Waals surface area contributed by atoms with Crippen molar-refractivity contribution in [3.8, 4) is 16.3 Å². The van der Waals surface area contributed by atoms with Crippen molar-refractivity contribution in [1.29, 1.82) is 0 Å². The number of nitrogens with zero attached hydrogens (tertiary/aromatic N) is 2. The Labute approximate surface area is 159 Å². The van der Waals surface area contributed by atoms with Crippen molar-refractivity contribution >= 4 is 23.0 Å². The van der Waals surface area contributed by atoms with Crippen LogP contribution in [0.5, 0.6) is 5.75 Å². The van der Waals surface area contributed by atoms with Gasteiger partial charge in [-0.2, -0.15) is 0 Å². The minimum atomic E-state index is -0.549. The molecule has 0 amide bonds. The molecule has 2 aromatic carbocycles. The summed E-state index contributed by atoms with van der Waals surface area (Å²) in [6.07, 6.45) is 0. The molecule has 0 unspecified atom stereocenters. The first-order chi connectivity index (χ1) is 13.0. The Morgan fingerprint density at radius 3 is 2.59 bits per heavy atom. The number of hydrogen-bond acceptors (Lipinski definition) is 7. The van der Waals surface area contributed by atoms with Crippen LogP contribution in [0.1, 0.15) is 21.6 Å². The van der Waals surface area contributed by atoms with Crippen molar-refractivity contribution in [1.82, 2.24) is 4.98 Å². The molecular weight excluding hydrogens is 368 g/mol. The maximum absolute atomic E-state index is 12.2. The minimum absolute atomic E-state index is 0.0293. The van der Waals surface area contributed by atoms with Gasteiger partial charge in [-0.05, 0) is 43.3 Å². The molecule has 3 rings (SSSR count). The van der Waals surface area contributed by atoms with Crippen LogP contribution >= 0.6 is 11.3 Å². The third-order valence-corrected chi connectivity index (χ3v) is 4.81. The summed E-state index contributed by atoms with van der Waals surface area (Å²) >= 11 is 1.45. The highest BCUT2D eigenvalue weighted by Gasteiger charge is 2.15. The van der Waals surface area contributed by atoms with Crippen LogP contribution in [0, 0.1) is 17.0 Å². The van der Waals surface area contributed by atoms with Crippen LogP contribution in [0.4, 0.5) is 5.69 Å². The lowest BCUT2D eigenvalue weighted by molar-refractivity contribution is -0.385. The molecule has 7 nitrogen and oxygen atoms in total. The van der Waals surface area contributed by atoms with Gasteiger partial charge in [0.2, 0.25) is 0 Å². The normalized spacial score (nSPS) is 10.4. The molecule has 1 aromatic heterocycles. The third-order valence-electron chi connectivity index (χ3n) is 3.87. The van der Waals surface area contributed by atoms with Gasteiger partial charge in [-0.25, -0.2) is 9.78 Å². The van der Waals surface area contributed by atoms with Gasteiger partial charge in [-0.1, -0.05) is 0 Å². The van der Waals surface area contributed by atoms with E-state index in [0.717, 1.165) is 16.3 Å². The van der Waals surface area contributed by atoms with E-state index in [1.54, 1.807) is 14.0 Å². The van der Waals surface area contributed by atoms with Crippen molar-refractivity contribution in [2.24, 2.45) is 0 Å². The van der Waals surface area contributed by atoms with Crippen molar-refractivity contribution in [2.75, 3.05) is 7.11 Å². The van der Waals surface area contributed by atoms with Gasteiger partial charge in [0.25, 0.3) is 5.69 Å². The number of carbonyl (C=O) groups excluding carboxylic acids is 1. The molecule has 0 bridgehead atoms. The van der Waals surface area contributed by atoms with Gasteiger partial charge in [-0.15, -0.1) is 11.3 Å². The highest BCUT2D eigenvalue weighted by atomic mass is 32.1. The first-order valence-electron chi connectivity index (χ1n) is 7.99. The molecule has 0 aliphatic rings. The molecule has 27 heavy (non-hydrogen) atoms. The SMILES string of the molecule is COc1ccc(-c2nc(COC(=O)c3ccc([N+](=O)[O-])c(C)c3)cs2)cc1. The number of esters is 1. The van der Waals surface area contributed by atoms with E-state index in [9.17, 15) is 14.9 Å². The fourth-order valence-electron chi connectivity index (χ4n) is 2.45. The predicted octanol–water partition coefficient (Wildman–Crippen LogP) is 4.39. The highest BCUT2D eigenvalue weighted by molar-refractivity contribution is 7.13. The molecule has 0 aliphatic carbocycles. The number of nitro benzene ring substituents is 1. The van der Waals surface area contributed by atoms with Crippen LogP contribution < -0.4 is 4.74 Å². The lowest BCUT2D eigenvalue weighted by Gasteiger charge is -2.04. The summed E-state index contributed by atoms with van der Waals surface area (Å²) in [5.74, 6) is 0.217. The van der Waals surface area contributed by atoms with Gasteiger partial charge in [0.15, 0.2) is 0 Å². The Morgan fingerprint density at radius 1 is 1.22 bits per heavy atom. The quantitative estimate of drug-likeness (QED) is 0.355. The zero-order valence-corrected chi connectivity index (χ0v) is 15.5. The third kappa shape index (κ3) is 4.29. The number of rotatable bonds is 6. The van der Waals surface area contributed by atoms with E-state index in [1.807, 2.05) is 29.6 Å². The van der Waals surface area contributed by atoms with E-state index >= 15 is 0 Å². The minimum Gasteiger partial charge on any atom is -0.497 e. The molecule has 3 aromatic rings. The number of ether oxygens (including phenoxy) is 2. The van der Waals surface area contributed by atoms with E-state index < -0.39 is 10.9 Å². The molecule has 0 fully saturated rings. The molecule has 0 radical (unpaired) electrons. The lowest BCUT2D eigenvalue weighted by atomic mass is 10.1. The van der Waals surface area contributed by atoms with E-state index in [1.165, 1.54) is 29.5 Å². The van der Waals surface area contributed by atoms with Gasteiger partial charge < -0.3 is 9.47 Å². The summed E-state index contributed by atoms with van der Waals surface area (Å²) in [4.78, 5) is 27.0. The van der Waals surface area contributed by atoms with Crippen LogP contribution in [-0.4, -0.2) is 23.0 Å². The number of aromatic nitrogens is 1. The van der Waals surface area contributed by atoms with Gasteiger partial charge in [0, 0.05) is 22.6 Å². The zero-order chi connectivity index (χ0) is 19.4. The zero-order valence-electron chi connectivity index (χ0n) is 14.7. The van der Waals surface area contributed by atoms with Crippen molar-refractivity contribution in [3.63, 3.8) is 0 Å². The average Bonchev–Trinajstić information content (AvgIpc) is 3.14. The van der Waals surface area contributed by atoms with Gasteiger partial charge in [-0.3, -0.25) is 10.1 Å². The number of hydrogen-bond donors (Lipinski definition) is 0. The highest BCUT2D eigenvalue weighted by Crippen LogP contribution is 2.26. The molecule has 138 valence electrons. The summed E-state index contributed by atoms with van der Waals surface area (Å²) in [7, 11) is 1.61. The van der Waals surface area contributed by atoms with E-state index in [4.69, 9.17) is 9.47 Å². The van der Waals surface area contributed by atoms with Crippen LogP contribution in [-0.2, 0) is 11.3 Å². The monoisotopic (exact) mass is 384 g/mol. The largest absolute Gasteiger partial charge is 0.497 e. The number of thiazole rings is 1. The number of carbonyl (C=O) groups is 1. The Kier molecular flexibility index (Phi) is 5.46. The van der Waals surface area contributed by atoms with Gasteiger partial charge in [0.1, 0.15) is 17.4 Å². The smallest absolute Gasteiger partial charge is 0.338 e. The second-order valence-corrected chi connectivity index (χ2v) is 6.57. The van der Waals surface area contributed by atoms with Crippen LogP contribution in [0.2, 0.25) is 0 Å². The van der Waals surface area contributed by atoms with E-state index in [0.29, 0.717) is 11.3 Å². The summed E-state index contributed by atoms with van der Waals surface area (Å²) in [6, 6.07) is 11.7. The Balaban J connectivity index is 1.65. The van der Waals surface area contributed by atoms with Crippen molar-refractivity contribution < 1.29 is 19.2 Å².